The fourth-order valence-electron chi connectivity index (χ4n) is 14.5. The fourth-order valence-corrected chi connectivity index (χ4v) is 14.5. The number of esters is 1. The van der Waals surface area contributed by atoms with Crippen molar-refractivity contribution in [2.24, 2.45) is 47.3 Å². The van der Waals surface area contributed by atoms with Crippen molar-refractivity contribution in [2.45, 2.75) is 196 Å². The first-order valence-electron chi connectivity index (χ1n) is 33.9. The van der Waals surface area contributed by atoms with E-state index >= 15 is 0 Å². The first-order valence-corrected chi connectivity index (χ1v) is 33.9. The van der Waals surface area contributed by atoms with Gasteiger partial charge in [-0.1, -0.05) is 116 Å². The van der Waals surface area contributed by atoms with Crippen LogP contribution in [-0.2, 0) is 38.1 Å². The normalized spacial score (nSPS) is 35.8. The number of aromatic hydroxyl groups is 2. The molecule has 0 saturated carbocycles. The summed E-state index contributed by atoms with van der Waals surface area (Å²) >= 11 is 0. The standard InChI is InChI=1S/C39H49NO10.C38H47NO11/c1-18-13-11-14-19(2)37(46)40-24-17-25(41)27-28(32(24)44)31(43)22(5)35-29(27)36(45)39(9,50-35)16-12-15-26(47-10)20(3)30(42)21(4)34-23(6)33(18)48-38(7,8)49-34;1-17-12-10-13-18(2)37(47)39-24-16-25(41)27-28(33(24)45)32(44)22(6)35-29(27)36(46)38(8,50-35)15-11-14-26(48-9)19(3)34(49-23(7)40)21(5)31(43)20(4)30(17)42/h11-15,17-18,20-21,23,26,30,33-34,42-43H,16H2,1-10H3,(H,40,46);10-14,16-17,19-21,26,30-31,34,42-44H,15H2,1-9H3,(H,39,47)/b13-11+,15-12+,19-14-;12-10+,14-11+,18-13-/t18-,20+,21-,23+,26-,30+,33?,34-,39+;17-,19+,20+,21+,26-,30?,31+,34+,38+/m00/s1. The van der Waals surface area contributed by atoms with Gasteiger partial charge in [-0.25, -0.2) is 0 Å². The van der Waals surface area contributed by atoms with Gasteiger partial charge < -0.3 is 69.3 Å². The van der Waals surface area contributed by atoms with Crippen LogP contribution in [0, 0.1) is 61.2 Å². The van der Waals surface area contributed by atoms with Gasteiger partial charge in [0.25, 0.3) is 11.8 Å². The van der Waals surface area contributed by atoms with Crippen molar-refractivity contribution in [1.82, 2.24) is 10.6 Å². The van der Waals surface area contributed by atoms with E-state index in [1.165, 1.54) is 47.8 Å². The lowest BCUT2D eigenvalue weighted by atomic mass is 9.77. The van der Waals surface area contributed by atoms with Gasteiger partial charge in [-0.2, -0.15) is 0 Å². The number of ether oxygens (including phenoxy) is 7. The Morgan fingerprint density at radius 1 is 0.510 bits per heavy atom. The minimum absolute atomic E-state index is 0.00198. The molecule has 23 nitrogen and oxygen atoms in total. The van der Waals surface area contributed by atoms with E-state index in [0.717, 1.165) is 12.2 Å². The number of hydrogen-bond donors (Lipinski definition) is 7. The zero-order valence-electron chi connectivity index (χ0n) is 60.3. The third kappa shape index (κ3) is 14.9. The maximum Gasteiger partial charge on any atom is 0.302 e. The number of carbonyl (C=O) groups is 9. The number of Topliss-reactive ketones (excluding diaryl/α,β-unsaturated/α-hetero) is 4. The highest BCUT2D eigenvalue weighted by Gasteiger charge is 2.53. The molecule has 0 aromatic heterocycles. The van der Waals surface area contributed by atoms with Gasteiger partial charge >= 0.3 is 5.97 Å². The van der Waals surface area contributed by atoms with Gasteiger partial charge in [0.2, 0.25) is 23.1 Å². The van der Waals surface area contributed by atoms with E-state index in [9.17, 15) is 68.7 Å². The number of nitrogens with one attached hydrogen (secondary N) is 2. The number of methoxy groups -OCH3 is 2. The van der Waals surface area contributed by atoms with E-state index in [1.54, 1.807) is 97.3 Å². The van der Waals surface area contributed by atoms with Crippen LogP contribution in [-0.4, -0.2) is 158 Å². The Balaban J connectivity index is 0.000000254. The van der Waals surface area contributed by atoms with Crippen LogP contribution in [0.3, 0.4) is 0 Å². The van der Waals surface area contributed by atoms with Gasteiger partial charge in [-0.05, 0) is 55.4 Å². The molecule has 7 heterocycles. The minimum atomic E-state index is -1.53. The van der Waals surface area contributed by atoms with E-state index in [1.807, 2.05) is 47.6 Å². The van der Waals surface area contributed by atoms with Crippen molar-refractivity contribution in [2.75, 3.05) is 14.2 Å². The predicted octanol–water partition coefficient (Wildman–Crippen LogP) is 9.41. The third-order valence-corrected chi connectivity index (χ3v) is 20.8. The van der Waals surface area contributed by atoms with Crippen molar-refractivity contribution in [3.63, 3.8) is 0 Å². The Morgan fingerprint density at radius 2 is 0.920 bits per heavy atom. The molecule has 0 spiro atoms. The van der Waals surface area contributed by atoms with E-state index in [0.29, 0.717) is 0 Å². The number of amides is 2. The summed E-state index contributed by atoms with van der Waals surface area (Å²) in [5.74, 6) is -11.2. The largest absolute Gasteiger partial charge is 0.507 e. The lowest BCUT2D eigenvalue weighted by Crippen LogP contribution is -2.56. The van der Waals surface area contributed by atoms with Gasteiger partial charge in [-0.3, -0.25) is 43.2 Å². The summed E-state index contributed by atoms with van der Waals surface area (Å²) in [5, 5.41) is 61.5. The zero-order chi connectivity index (χ0) is 74.4. The number of phenolic OH excluding ortho intramolecular Hbond substituents is 2. The number of benzene rings is 2. The molecule has 1 saturated heterocycles. The van der Waals surface area contributed by atoms with Crippen LogP contribution in [0.1, 0.15) is 190 Å². The number of fused-ring (bicyclic) bond motifs is 24. The number of carbonyl (C=O) groups excluding carboxylic acids is 9. The van der Waals surface area contributed by atoms with Crippen LogP contribution in [0.15, 0.2) is 95.5 Å². The molecule has 2 aromatic carbocycles. The second-order valence-corrected chi connectivity index (χ2v) is 28.7. The summed E-state index contributed by atoms with van der Waals surface area (Å²) in [6, 6.07) is 0. The zero-order valence-corrected chi connectivity index (χ0v) is 60.3. The maximum absolute atomic E-state index is 14.0. The quantitative estimate of drug-likeness (QED) is 0.111. The molecule has 2 aromatic rings. The molecule has 18 atom stereocenters. The summed E-state index contributed by atoms with van der Waals surface area (Å²) < 4.78 is 42.4. The van der Waals surface area contributed by atoms with Crippen LogP contribution < -0.4 is 20.1 Å². The summed E-state index contributed by atoms with van der Waals surface area (Å²) in [6.07, 6.45) is 13.1. The van der Waals surface area contributed by atoms with E-state index in [-0.39, 0.29) is 122 Å². The molecule has 7 aliphatic heterocycles. The molecule has 2 aliphatic carbocycles. The van der Waals surface area contributed by atoms with Crippen molar-refractivity contribution < 1.29 is 102 Å². The van der Waals surface area contributed by atoms with Crippen LogP contribution in [0.2, 0.25) is 0 Å². The van der Waals surface area contributed by atoms with Crippen LogP contribution in [0.25, 0.3) is 0 Å². The lowest BCUT2D eigenvalue weighted by molar-refractivity contribution is -0.336. The molecule has 100 heavy (non-hydrogen) atoms. The number of aliphatic hydroxyl groups is 3. The molecule has 0 radical (unpaired) electrons. The highest BCUT2D eigenvalue weighted by Crippen LogP contribution is 2.51. The Morgan fingerprint density at radius 3 is 1.35 bits per heavy atom. The molecule has 12 bridgehead atoms. The molecule has 1 fully saturated rings. The molecule has 2 amide bonds. The SMILES string of the molecule is CO[C@H]1/C=C/C[C@@]2(C)Oc3c(C)c(O)c4c(c3C2=O)C(=O)C=C(NC(=O)/C(C)=C\C=C\[C@H](C)C(O)[C@@H](C)[C@@H](O)[C@@H](C)[C@H](OC(C)=O)[C@@H]1C)C4=O.CO[C@H]1/C=C/C[C@@]2(C)Oc3c(C)c(O)c4c(c3C2=O)C(=O)C=C(NC(=O)/C(C)=C\C=C\[C@H](C)C2OC(C)(C)O[C@@H]([C@@H](C)[C@H](O)[C@@H]1C)[C@@H]2C)C4=O. The maximum atomic E-state index is 14.0. The fraction of sp³-hybridized carbons (Fsp3) is 0.519. The Hall–Kier alpha value is -8.29. The number of aliphatic hydroxyl groups excluding tert-OH is 3. The molecule has 2 unspecified atom stereocenters. The van der Waals surface area contributed by atoms with Gasteiger partial charge in [-0.15, -0.1) is 0 Å². The Bertz CT molecular complexity index is 3950. The number of allylic oxidation sites excluding steroid dienone is 8. The predicted molar refractivity (Wildman–Crippen MR) is 368 cm³/mol. The lowest BCUT2D eigenvalue weighted by Gasteiger charge is -2.49. The molecular weight excluding hydrogens is 1290 g/mol. The summed E-state index contributed by atoms with van der Waals surface area (Å²) in [5.41, 5.74) is -4.53. The van der Waals surface area contributed by atoms with Gasteiger partial charge in [0.15, 0.2) is 28.6 Å². The van der Waals surface area contributed by atoms with Crippen molar-refractivity contribution in [1.29, 1.82) is 0 Å². The van der Waals surface area contributed by atoms with Crippen LogP contribution in [0.4, 0.5) is 0 Å². The van der Waals surface area contributed by atoms with Crippen molar-refractivity contribution in [3.8, 4) is 23.0 Å². The average Bonchev–Trinajstić information content (AvgIpc) is 1.52. The summed E-state index contributed by atoms with van der Waals surface area (Å²) in [6.45, 7) is 29.0. The van der Waals surface area contributed by atoms with Gasteiger partial charge in [0.1, 0.15) is 29.1 Å². The summed E-state index contributed by atoms with van der Waals surface area (Å²) in [7, 11) is 3.03. The first-order chi connectivity index (χ1) is 46.7. The highest BCUT2D eigenvalue weighted by atomic mass is 16.7. The smallest absolute Gasteiger partial charge is 0.302 e. The van der Waals surface area contributed by atoms with Crippen molar-refractivity contribution in [3.05, 3.63) is 140 Å². The molecule has 540 valence electrons. The number of phenols is 2. The van der Waals surface area contributed by atoms with E-state index in [4.69, 9.17) is 33.2 Å². The molecule has 7 N–H and O–H groups in total. The second-order valence-electron chi connectivity index (χ2n) is 28.7. The van der Waals surface area contributed by atoms with Gasteiger partial charge in [0, 0.05) is 116 Å². The number of rotatable bonds is 3. The number of ketones is 6. The number of hydrogen-bond acceptors (Lipinski definition) is 21. The van der Waals surface area contributed by atoms with Gasteiger partial charge in [0.05, 0.1) is 87.5 Å². The topological polar surface area (TPSA) is 343 Å². The van der Waals surface area contributed by atoms with Crippen molar-refractivity contribution >= 4 is 52.5 Å². The third-order valence-electron chi connectivity index (χ3n) is 20.8. The molecule has 9 aliphatic rings. The highest BCUT2D eigenvalue weighted by molar-refractivity contribution is 6.32. The average molecular weight is 1390 g/mol. The van der Waals surface area contributed by atoms with Crippen LogP contribution >= 0.6 is 0 Å². The summed E-state index contributed by atoms with van der Waals surface area (Å²) in [4.78, 5) is 121. The molecule has 11 rings (SSSR count). The minimum Gasteiger partial charge on any atom is -0.507 e. The van der Waals surface area contributed by atoms with Crippen LogP contribution in [0.5, 0.6) is 23.0 Å². The Labute approximate surface area is 583 Å². The van der Waals surface area contributed by atoms with E-state index in [2.05, 4.69) is 10.6 Å². The second kappa shape index (κ2) is 30.1. The Kier molecular flexibility index (Phi) is 23.3. The first kappa shape index (κ1) is 77.4. The molecule has 23 heteroatoms. The monoisotopic (exact) mass is 1380 g/mol. The van der Waals surface area contributed by atoms with E-state index < -0.39 is 147 Å². The molecular formula is C77H96N2O21.